The second kappa shape index (κ2) is 8.51. The van der Waals surface area contributed by atoms with Crippen molar-refractivity contribution in [1.82, 2.24) is 14.5 Å². The third-order valence-electron chi connectivity index (χ3n) is 4.67. The number of carbonyl (C=O) groups is 1. The van der Waals surface area contributed by atoms with Gasteiger partial charge < -0.3 is 10.2 Å². The lowest BCUT2D eigenvalue weighted by Crippen LogP contribution is -2.45. The Morgan fingerprint density at radius 2 is 1.79 bits per heavy atom. The van der Waals surface area contributed by atoms with Crippen LogP contribution in [0.1, 0.15) is 46.6 Å². The summed E-state index contributed by atoms with van der Waals surface area (Å²) in [6.45, 7) is 11.2. The zero-order valence-corrected chi connectivity index (χ0v) is 18.3. The van der Waals surface area contributed by atoms with Gasteiger partial charge in [-0.2, -0.15) is 0 Å². The molecule has 0 unspecified atom stereocenters. The van der Waals surface area contributed by atoms with Gasteiger partial charge in [-0.15, -0.1) is 0 Å². The number of nitrogens with one attached hydrogen (secondary N) is 2. The van der Waals surface area contributed by atoms with Gasteiger partial charge in [0.05, 0.1) is 11.4 Å². The van der Waals surface area contributed by atoms with Gasteiger partial charge in [0.1, 0.15) is 0 Å². The van der Waals surface area contributed by atoms with Crippen LogP contribution in [-0.2, 0) is 21.2 Å². The minimum absolute atomic E-state index is 0.0180. The summed E-state index contributed by atoms with van der Waals surface area (Å²) in [5.41, 5.74) is 0.655. The quantitative estimate of drug-likeness (QED) is 0.725. The Kier molecular flexibility index (Phi) is 6.75. The highest BCUT2D eigenvalue weighted by molar-refractivity contribution is 7.89. The molecule has 2 rings (SSSR count). The van der Waals surface area contributed by atoms with Gasteiger partial charge in [0.25, 0.3) is 10.0 Å². The fourth-order valence-corrected chi connectivity index (χ4v) is 4.55. The molecule has 0 spiro atoms. The molecule has 0 bridgehead atoms. The number of sulfonamides is 1. The molecule has 156 valence electrons. The monoisotopic (exact) mass is 408 g/mol. The summed E-state index contributed by atoms with van der Waals surface area (Å²) in [6, 6.07) is 6.69. The fraction of sp³-hybridized carbons (Fsp3) is 0.600. The molecule has 0 radical (unpaired) electrons. The van der Waals surface area contributed by atoms with Crippen molar-refractivity contribution in [1.29, 1.82) is 5.41 Å². The molecular formula is C20H32N4O3S. The van der Waals surface area contributed by atoms with Crippen LogP contribution < -0.4 is 5.32 Å². The molecule has 0 saturated carbocycles. The highest BCUT2D eigenvalue weighted by Crippen LogP contribution is 2.25. The summed E-state index contributed by atoms with van der Waals surface area (Å²) in [7, 11) is -3.75. The number of guanidine groups is 1. The van der Waals surface area contributed by atoms with Crippen molar-refractivity contribution in [3.05, 3.63) is 29.8 Å². The third-order valence-corrected chi connectivity index (χ3v) is 6.47. The Bertz CT molecular complexity index is 811. The molecule has 0 atom stereocenters. The minimum Gasteiger partial charge on any atom is -0.356 e. The van der Waals surface area contributed by atoms with Crippen LogP contribution in [0.3, 0.4) is 0 Å². The predicted molar refractivity (Wildman–Crippen MR) is 111 cm³/mol. The van der Waals surface area contributed by atoms with E-state index in [4.69, 9.17) is 5.41 Å². The zero-order chi connectivity index (χ0) is 21.1. The zero-order valence-electron chi connectivity index (χ0n) is 17.4. The second-order valence-electron chi connectivity index (χ2n) is 8.57. The van der Waals surface area contributed by atoms with Crippen molar-refractivity contribution in [2.45, 2.75) is 57.9 Å². The van der Waals surface area contributed by atoms with E-state index in [0.29, 0.717) is 31.8 Å². The number of hydrogen-bond acceptors (Lipinski definition) is 4. The van der Waals surface area contributed by atoms with Crippen molar-refractivity contribution in [2.75, 3.05) is 19.6 Å². The SMILES string of the molecule is CC(C)CC(=O)NCCc1ccc(S(=O)(=O)N2CCN(C(C)(C)C)C2=N)cc1. The van der Waals surface area contributed by atoms with Crippen LogP contribution in [0.25, 0.3) is 0 Å². The first-order valence-electron chi connectivity index (χ1n) is 9.67. The van der Waals surface area contributed by atoms with Crippen molar-refractivity contribution < 1.29 is 13.2 Å². The molecule has 1 aromatic carbocycles. The Morgan fingerprint density at radius 3 is 2.29 bits per heavy atom. The lowest BCUT2D eigenvalue weighted by molar-refractivity contribution is -0.121. The van der Waals surface area contributed by atoms with Crippen LogP contribution in [0, 0.1) is 11.3 Å². The molecule has 1 heterocycles. The van der Waals surface area contributed by atoms with Gasteiger partial charge in [0, 0.05) is 25.0 Å². The highest BCUT2D eigenvalue weighted by atomic mass is 32.2. The lowest BCUT2D eigenvalue weighted by atomic mass is 10.1. The molecule has 1 aliphatic heterocycles. The summed E-state index contributed by atoms with van der Waals surface area (Å²) < 4.78 is 27.0. The van der Waals surface area contributed by atoms with Gasteiger partial charge in [-0.1, -0.05) is 26.0 Å². The topological polar surface area (TPSA) is 93.6 Å². The van der Waals surface area contributed by atoms with Gasteiger partial charge in [-0.05, 0) is 50.8 Å². The Morgan fingerprint density at radius 1 is 1.18 bits per heavy atom. The largest absolute Gasteiger partial charge is 0.356 e. The molecular weight excluding hydrogens is 376 g/mol. The first-order chi connectivity index (χ1) is 12.9. The highest BCUT2D eigenvalue weighted by Gasteiger charge is 2.39. The first kappa shape index (κ1) is 22.2. The van der Waals surface area contributed by atoms with Gasteiger partial charge in [-0.25, -0.2) is 12.7 Å². The Balaban J connectivity index is 2.00. The predicted octanol–water partition coefficient (Wildman–Crippen LogP) is 2.43. The average Bonchev–Trinajstić information content (AvgIpc) is 2.97. The van der Waals surface area contributed by atoms with E-state index < -0.39 is 10.0 Å². The molecule has 1 aliphatic rings. The Hall–Kier alpha value is -2.09. The Labute approximate surface area is 168 Å². The van der Waals surface area contributed by atoms with Crippen LogP contribution in [0.15, 0.2) is 29.2 Å². The van der Waals surface area contributed by atoms with Gasteiger partial charge >= 0.3 is 0 Å². The molecule has 1 fully saturated rings. The summed E-state index contributed by atoms with van der Waals surface area (Å²) in [4.78, 5) is 13.7. The maximum absolute atomic E-state index is 12.9. The van der Waals surface area contributed by atoms with Crippen LogP contribution in [0.4, 0.5) is 0 Å². The van der Waals surface area contributed by atoms with E-state index in [1.54, 1.807) is 29.2 Å². The van der Waals surface area contributed by atoms with Crippen molar-refractivity contribution in [3.63, 3.8) is 0 Å². The maximum atomic E-state index is 12.9. The molecule has 7 nitrogen and oxygen atoms in total. The normalized spacial score (nSPS) is 15.4. The number of rotatable bonds is 7. The van der Waals surface area contributed by atoms with Crippen molar-refractivity contribution in [3.8, 4) is 0 Å². The first-order valence-corrected chi connectivity index (χ1v) is 11.1. The molecule has 28 heavy (non-hydrogen) atoms. The van der Waals surface area contributed by atoms with Crippen molar-refractivity contribution in [2.24, 2.45) is 5.92 Å². The van der Waals surface area contributed by atoms with Crippen LogP contribution in [0.2, 0.25) is 0 Å². The van der Waals surface area contributed by atoms with E-state index in [-0.39, 0.29) is 28.8 Å². The third kappa shape index (κ3) is 5.25. The molecule has 1 aromatic rings. The van der Waals surface area contributed by atoms with E-state index in [9.17, 15) is 13.2 Å². The molecule has 8 heteroatoms. The fourth-order valence-electron chi connectivity index (χ4n) is 3.17. The smallest absolute Gasteiger partial charge is 0.266 e. The van der Waals surface area contributed by atoms with Gasteiger partial charge in [0.15, 0.2) is 0 Å². The number of nitrogens with zero attached hydrogens (tertiary/aromatic N) is 2. The molecule has 2 N–H and O–H groups in total. The molecule has 0 aromatic heterocycles. The van der Waals surface area contributed by atoms with E-state index in [1.165, 1.54) is 4.31 Å². The van der Waals surface area contributed by atoms with E-state index in [0.717, 1.165) is 5.56 Å². The van der Waals surface area contributed by atoms with Gasteiger partial charge in [-0.3, -0.25) is 10.2 Å². The number of hydrogen-bond donors (Lipinski definition) is 2. The minimum atomic E-state index is -3.75. The molecule has 1 amide bonds. The summed E-state index contributed by atoms with van der Waals surface area (Å²) in [5.74, 6) is 0.373. The second-order valence-corrected chi connectivity index (χ2v) is 10.4. The summed E-state index contributed by atoms with van der Waals surface area (Å²) in [5, 5.41) is 11.2. The van der Waals surface area contributed by atoms with Crippen LogP contribution in [0.5, 0.6) is 0 Å². The van der Waals surface area contributed by atoms with E-state index in [1.807, 2.05) is 34.6 Å². The summed E-state index contributed by atoms with van der Waals surface area (Å²) in [6.07, 6.45) is 1.14. The molecule has 0 aliphatic carbocycles. The van der Waals surface area contributed by atoms with Gasteiger partial charge in [0.2, 0.25) is 11.9 Å². The standard InChI is InChI=1S/C20H32N4O3S/c1-15(2)14-18(25)22-11-10-16-6-8-17(9-7-16)28(26,27)24-13-12-23(19(24)21)20(3,4)5/h6-9,15,21H,10-14H2,1-5H3,(H,22,25). The molecule has 1 saturated heterocycles. The van der Waals surface area contributed by atoms with Crippen LogP contribution in [-0.4, -0.2) is 54.7 Å². The average molecular weight is 409 g/mol. The summed E-state index contributed by atoms with van der Waals surface area (Å²) >= 11 is 0. The van der Waals surface area contributed by atoms with E-state index in [2.05, 4.69) is 5.32 Å². The van der Waals surface area contributed by atoms with E-state index >= 15 is 0 Å². The van der Waals surface area contributed by atoms with Crippen LogP contribution >= 0.6 is 0 Å². The lowest BCUT2D eigenvalue weighted by Gasteiger charge is -2.33. The number of carbonyl (C=O) groups excluding carboxylic acids is 1. The number of benzene rings is 1. The maximum Gasteiger partial charge on any atom is 0.266 e. The van der Waals surface area contributed by atoms with Crippen molar-refractivity contribution >= 4 is 21.9 Å². The number of amides is 1.